The minimum atomic E-state index is -1.76. The zero-order chi connectivity index (χ0) is 50.6. The average molecular weight is 992 g/mol. The van der Waals surface area contributed by atoms with Crippen LogP contribution in [-0.2, 0) is 35.5 Å². The first-order valence-electron chi connectivity index (χ1n) is 23.7. The van der Waals surface area contributed by atoms with E-state index >= 15 is 0 Å². The number of nitriles is 1. The van der Waals surface area contributed by atoms with Gasteiger partial charge in [0.1, 0.15) is 54.8 Å². The number of benzene rings is 5. The second-order valence-electron chi connectivity index (χ2n) is 17.4. The van der Waals surface area contributed by atoms with Gasteiger partial charge < -0.3 is 38.0 Å². The summed E-state index contributed by atoms with van der Waals surface area (Å²) in [6.07, 6.45) is -0.629. The van der Waals surface area contributed by atoms with Crippen LogP contribution in [0.3, 0.4) is 0 Å². The van der Waals surface area contributed by atoms with E-state index in [1.807, 2.05) is 95.6 Å². The van der Waals surface area contributed by atoms with Crippen molar-refractivity contribution in [3.63, 3.8) is 0 Å². The van der Waals surface area contributed by atoms with Crippen LogP contribution in [0.4, 0.5) is 5.82 Å². The number of methoxy groups -OCH3 is 2. The number of ether oxygens (including phenoxy) is 5. The summed E-state index contributed by atoms with van der Waals surface area (Å²) < 4.78 is 48.9. The Bertz CT molecular complexity index is 2870. The van der Waals surface area contributed by atoms with Crippen molar-refractivity contribution in [3.8, 4) is 17.6 Å². The number of hydrogen-bond acceptors (Lipinski definition) is 14. The fraction of sp³-hybridized carbons (Fsp3) is 0.309. The highest BCUT2D eigenvalue weighted by Crippen LogP contribution is 2.51. The van der Waals surface area contributed by atoms with Gasteiger partial charge in [-0.2, -0.15) is 5.26 Å². The Morgan fingerprint density at radius 3 is 1.94 bits per heavy atom. The van der Waals surface area contributed by atoms with E-state index in [9.17, 15) is 14.9 Å². The first kappa shape index (κ1) is 51.3. The van der Waals surface area contributed by atoms with E-state index < -0.39 is 38.5 Å². The SMILES string of the molecule is COc1ccc(C(OCc2nc3c(NC(=O)c4ccccc4)ncnc3n2[C@H]2C[C@H](OP(OCCC#N)N(C(C)C)C(C)C)[C@@H](COC(=O)c3ccccc3)O2)(c2ccccc2)c2ccc(OC)cc2)cc1. The summed E-state index contributed by atoms with van der Waals surface area (Å²) in [7, 11) is 1.48. The number of hydrogen-bond donors (Lipinski definition) is 1. The lowest BCUT2D eigenvalue weighted by molar-refractivity contribution is -0.0535. The summed E-state index contributed by atoms with van der Waals surface area (Å²) in [5.41, 5.74) is 2.62. The molecule has 2 aromatic heterocycles. The lowest BCUT2D eigenvalue weighted by Gasteiger charge is -2.37. The summed E-state index contributed by atoms with van der Waals surface area (Å²) >= 11 is 0. The van der Waals surface area contributed by atoms with Crippen molar-refractivity contribution < 1.29 is 42.3 Å². The van der Waals surface area contributed by atoms with Crippen molar-refractivity contribution in [3.05, 3.63) is 179 Å². The van der Waals surface area contributed by atoms with Crippen molar-refractivity contribution in [2.75, 3.05) is 32.8 Å². The van der Waals surface area contributed by atoms with Gasteiger partial charge in [-0.3, -0.25) is 9.36 Å². The maximum Gasteiger partial charge on any atom is 0.338 e. The molecule has 1 saturated heterocycles. The lowest BCUT2D eigenvalue weighted by Crippen LogP contribution is -2.36. The molecule has 5 aromatic carbocycles. The maximum absolute atomic E-state index is 13.7. The number of esters is 1. The predicted octanol–water partition coefficient (Wildman–Crippen LogP) is 10.4. The van der Waals surface area contributed by atoms with Crippen LogP contribution in [0.15, 0.2) is 146 Å². The van der Waals surface area contributed by atoms with Gasteiger partial charge in [0.15, 0.2) is 17.0 Å². The van der Waals surface area contributed by atoms with Gasteiger partial charge in [0.05, 0.1) is 45.0 Å². The number of aromatic nitrogens is 4. The van der Waals surface area contributed by atoms with E-state index in [1.54, 1.807) is 62.8 Å². The van der Waals surface area contributed by atoms with Crippen molar-refractivity contribution in [1.29, 1.82) is 5.26 Å². The number of carbonyl (C=O) groups excluding carboxylic acids is 2. The number of amides is 1. The van der Waals surface area contributed by atoms with Crippen LogP contribution >= 0.6 is 8.53 Å². The number of nitrogens with one attached hydrogen (secondary N) is 1. The molecule has 3 heterocycles. The molecule has 0 radical (unpaired) electrons. The molecule has 372 valence electrons. The third kappa shape index (κ3) is 11.5. The number of rotatable bonds is 22. The van der Waals surface area contributed by atoms with Crippen LogP contribution in [0.5, 0.6) is 11.5 Å². The number of nitrogens with zero attached hydrogens (tertiary/aromatic N) is 6. The molecule has 1 fully saturated rings. The molecule has 1 unspecified atom stereocenters. The second-order valence-corrected chi connectivity index (χ2v) is 18.8. The van der Waals surface area contributed by atoms with Crippen molar-refractivity contribution >= 4 is 37.4 Å². The fourth-order valence-electron chi connectivity index (χ4n) is 8.81. The smallest absolute Gasteiger partial charge is 0.338 e. The van der Waals surface area contributed by atoms with Crippen LogP contribution in [0, 0.1) is 11.3 Å². The molecule has 8 rings (SSSR count). The van der Waals surface area contributed by atoms with Gasteiger partial charge in [0, 0.05) is 24.1 Å². The van der Waals surface area contributed by atoms with E-state index in [4.69, 9.17) is 42.7 Å². The molecule has 16 nitrogen and oxygen atoms in total. The molecule has 4 atom stereocenters. The monoisotopic (exact) mass is 991 g/mol. The fourth-order valence-corrected chi connectivity index (χ4v) is 10.6. The number of fused-ring (bicyclic) bond motifs is 1. The van der Waals surface area contributed by atoms with E-state index in [0.29, 0.717) is 34.1 Å². The van der Waals surface area contributed by atoms with E-state index in [-0.39, 0.29) is 62.0 Å². The average Bonchev–Trinajstić information content (AvgIpc) is 3.99. The summed E-state index contributed by atoms with van der Waals surface area (Å²) in [5.74, 6) is 0.982. The zero-order valence-corrected chi connectivity index (χ0v) is 42.0. The minimum absolute atomic E-state index is 0.00881. The second kappa shape index (κ2) is 23.9. The van der Waals surface area contributed by atoms with Gasteiger partial charge in [-0.1, -0.05) is 91.0 Å². The normalized spacial score (nSPS) is 16.2. The summed E-state index contributed by atoms with van der Waals surface area (Å²) in [4.78, 5) is 41.7. The van der Waals surface area contributed by atoms with Gasteiger partial charge in [-0.05, 0) is 92.9 Å². The Morgan fingerprint density at radius 2 is 1.38 bits per heavy atom. The molecule has 1 aliphatic heterocycles. The largest absolute Gasteiger partial charge is 0.497 e. The molecule has 0 saturated carbocycles. The molecule has 1 amide bonds. The van der Waals surface area contributed by atoms with E-state index in [1.165, 1.54) is 6.33 Å². The van der Waals surface area contributed by atoms with Crippen LogP contribution in [0.25, 0.3) is 11.2 Å². The van der Waals surface area contributed by atoms with Gasteiger partial charge >= 0.3 is 5.97 Å². The first-order chi connectivity index (χ1) is 35.0. The Kier molecular flexibility index (Phi) is 17.0. The Balaban J connectivity index is 1.25. The highest BCUT2D eigenvalue weighted by atomic mass is 31.2. The van der Waals surface area contributed by atoms with E-state index in [2.05, 4.69) is 48.7 Å². The summed E-state index contributed by atoms with van der Waals surface area (Å²) in [6.45, 7) is 8.09. The maximum atomic E-state index is 13.7. The quantitative estimate of drug-likeness (QED) is 0.0293. The van der Waals surface area contributed by atoms with E-state index in [0.717, 1.165) is 16.7 Å². The van der Waals surface area contributed by atoms with Crippen molar-refractivity contribution in [2.45, 2.75) is 83.3 Å². The van der Waals surface area contributed by atoms with Gasteiger partial charge in [0.2, 0.25) is 0 Å². The molecule has 1 N–H and O–H groups in total. The Hall–Kier alpha value is -7.09. The molecule has 17 heteroatoms. The zero-order valence-electron chi connectivity index (χ0n) is 41.1. The highest BCUT2D eigenvalue weighted by Gasteiger charge is 2.44. The molecular formula is C55H58N7O9P. The number of imidazole rings is 1. The third-order valence-corrected chi connectivity index (χ3v) is 14.3. The van der Waals surface area contributed by atoms with Crippen molar-refractivity contribution in [2.24, 2.45) is 0 Å². The molecule has 0 spiro atoms. The number of carbonyl (C=O) groups is 2. The molecule has 7 aromatic rings. The van der Waals surface area contributed by atoms with Crippen molar-refractivity contribution in [1.82, 2.24) is 24.2 Å². The summed E-state index contributed by atoms with van der Waals surface area (Å²) in [5, 5.41) is 12.4. The van der Waals surface area contributed by atoms with Crippen LogP contribution in [0.2, 0.25) is 0 Å². The highest BCUT2D eigenvalue weighted by molar-refractivity contribution is 7.44. The lowest BCUT2D eigenvalue weighted by atomic mass is 9.80. The Morgan fingerprint density at radius 1 is 0.806 bits per heavy atom. The van der Waals surface area contributed by atoms with Gasteiger partial charge in [0.25, 0.3) is 14.4 Å². The standard InChI is InChI=1S/C55H58N7O9P/c1-37(2)62(38(3)4)72(69-32-16-31-56)71-46-33-49(70-47(46)34-67-54(64)40-19-12-8-13-20-40)61-48(59-50-51(57-36-58-52(50)61)60-53(63)39-17-10-7-11-18-39)35-68-55(41-21-14-9-15-22-41,42-23-27-44(65-5)28-24-42)43-25-29-45(66-6)30-26-43/h7-15,17-30,36-38,46-47,49H,16,32-35H2,1-6H3,(H,57,58,60,63)/t46-,47+,49+,72?/m0/s1. The summed E-state index contributed by atoms with van der Waals surface area (Å²) in [6, 6.07) is 45.1. The third-order valence-electron chi connectivity index (χ3n) is 12.2. The molecule has 1 aliphatic rings. The Labute approximate surface area is 420 Å². The van der Waals surface area contributed by atoms with Crippen LogP contribution in [-0.4, -0.2) is 87.8 Å². The van der Waals surface area contributed by atoms with Gasteiger partial charge in [-0.25, -0.2) is 24.4 Å². The van der Waals surface area contributed by atoms with Crippen LogP contribution < -0.4 is 14.8 Å². The number of anilines is 1. The van der Waals surface area contributed by atoms with Crippen LogP contribution in [0.1, 0.15) is 90.0 Å². The predicted molar refractivity (Wildman–Crippen MR) is 272 cm³/mol. The minimum Gasteiger partial charge on any atom is -0.497 e. The van der Waals surface area contributed by atoms with Gasteiger partial charge in [-0.15, -0.1) is 0 Å². The molecule has 0 bridgehead atoms. The molecule has 0 aliphatic carbocycles. The topological polar surface area (TPSA) is 181 Å². The molecule has 72 heavy (non-hydrogen) atoms. The molecular weight excluding hydrogens is 934 g/mol. The first-order valence-corrected chi connectivity index (χ1v) is 24.9.